The maximum Gasteiger partial charge on any atom is 0.410 e. The molecule has 0 spiro atoms. The summed E-state index contributed by atoms with van der Waals surface area (Å²) in [4.78, 5) is 13.5. The van der Waals surface area contributed by atoms with Gasteiger partial charge in [0.2, 0.25) is 0 Å². The standard InChI is InChI=1S/C20H20FNO4/c21-20(17-8-4-7-16(11-17)18-24-9-10-25-18)13-22(14-20)19(23)26-12-15-5-2-1-3-6-15/h1-8,11,18H,9-10,12-14H2. The van der Waals surface area contributed by atoms with Crippen LogP contribution in [0.25, 0.3) is 0 Å². The van der Waals surface area contributed by atoms with E-state index in [1.807, 2.05) is 36.4 Å². The van der Waals surface area contributed by atoms with Gasteiger partial charge in [-0.1, -0.05) is 48.5 Å². The third-order valence-corrected chi connectivity index (χ3v) is 4.64. The fourth-order valence-corrected chi connectivity index (χ4v) is 3.20. The molecule has 0 radical (unpaired) electrons. The molecule has 0 saturated carbocycles. The molecule has 2 heterocycles. The molecule has 2 aromatic carbocycles. The lowest BCUT2D eigenvalue weighted by molar-refractivity contribution is -0.0461. The van der Waals surface area contributed by atoms with Crippen molar-refractivity contribution < 1.29 is 23.4 Å². The first-order chi connectivity index (χ1) is 12.6. The van der Waals surface area contributed by atoms with Crippen molar-refractivity contribution in [3.63, 3.8) is 0 Å². The van der Waals surface area contributed by atoms with Crippen molar-refractivity contribution in [2.45, 2.75) is 18.6 Å². The molecule has 5 nitrogen and oxygen atoms in total. The molecule has 4 rings (SSSR count). The fraction of sp³-hybridized carbons (Fsp3) is 0.350. The van der Waals surface area contributed by atoms with Gasteiger partial charge in [-0.2, -0.15) is 0 Å². The summed E-state index contributed by atoms with van der Waals surface area (Å²) >= 11 is 0. The third-order valence-electron chi connectivity index (χ3n) is 4.64. The van der Waals surface area contributed by atoms with Gasteiger partial charge in [0.15, 0.2) is 12.0 Å². The Morgan fingerprint density at radius 2 is 1.85 bits per heavy atom. The van der Waals surface area contributed by atoms with E-state index in [0.717, 1.165) is 11.1 Å². The van der Waals surface area contributed by atoms with Gasteiger partial charge in [-0.25, -0.2) is 9.18 Å². The molecule has 0 atom stereocenters. The molecule has 26 heavy (non-hydrogen) atoms. The van der Waals surface area contributed by atoms with Crippen LogP contribution in [0, 0.1) is 0 Å². The maximum atomic E-state index is 15.1. The van der Waals surface area contributed by atoms with Crippen molar-refractivity contribution >= 4 is 6.09 Å². The Hall–Kier alpha value is -2.44. The normalized spacial score (nSPS) is 19.2. The zero-order valence-corrected chi connectivity index (χ0v) is 14.3. The second kappa shape index (κ2) is 7.05. The van der Waals surface area contributed by atoms with Crippen molar-refractivity contribution in [3.8, 4) is 0 Å². The van der Waals surface area contributed by atoms with E-state index in [2.05, 4.69) is 0 Å². The minimum Gasteiger partial charge on any atom is -0.445 e. The van der Waals surface area contributed by atoms with Crippen LogP contribution in [0.15, 0.2) is 54.6 Å². The first-order valence-corrected chi connectivity index (χ1v) is 8.62. The summed E-state index contributed by atoms with van der Waals surface area (Å²) in [5.41, 5.74) is 0.654. The summed E-state index contributed by atoms with van der Waals surface area (Å²) in [6.45, 7) is 1.22. The molecular formula is C20H20FNO4. The van der Waals surface area contributed by atoms with Crippen molar-refractivity contribution in [2.75, 3.05) is 26.3 Å². The molecule has 6 heteroatoms. The average Bonchev–Trinajstić information content (AvgIpc) is 3.19. The molecule has 1 amide bonds. The number of amides is 1. The van der Waals surface area contributed by atoms with Gasteiger partial charge < -0.3 is 19.1 Å². The minimum atomic E-state index is -1.57. The van der Waals surface area contributed by atoms with Crippen molar-refractivity contribution in [3.05, 3.63) is 71.3 Å². The number of hydrogen-bond donors (Lipinski definition) is 0. The summed E-state index contributed by atoms with van der Waals surface area (Å²) in [5, 5.41) is 0. The number of carbonyl (C=O) groups is 1. The lowest BCUT2D eigenvalue weighted by Gasteiger charge is -2.43. The lowest BCUT2D eigenvalue weighted by Crippen LogP contribution is -2.58. The number of benzene rings is 2. The largest absolute Gasteiger partial charge is 0.445 e. The molecule has 0 aliphatic carbocycles. The van der Waals surface area contributed by atoms with Crippen LogP contribution in [0.1, 0.15) is 23.0 Å². The molecule has 0 N–H and O–H groups in total. The van der Waals surface area contributed by atoms with E-state index in [9.17, 15) is 4.79 Å². The first-order valence-electron chi connectivity index (χ1n) is 8.62. The number of ether oxygens (including phenoxy) is 3. The Bertz CT molecular complexity index is 770. The Morgan fingerprint density at radius 1 is 1.12 bits per heavy atom. The predicted octanol–water partition coefficient (Wildman–Crippen LogP) is 3.55. The van der Waals surface area contributed by atoms with E-state index < -0.39 is 18.1 Å². The Balaban J connectivity index is 1.35. The van der Waals surface area contributed by atoms with Crippen LogP contribution in [-0.4, -0.2) is 37.3 Å². The highest BCUT2D eigenvalue weighted by atomic mass is 19.1. The maximum absolute atomic E-state index is 15.1. The molecule has 136 valence electrons. The molecule has 2 fully saturated rings. The summed E-state index contributed by atoms with van der Waals surface area (Å²) in [6, 6.07) is 16.5. The van der Waals surface area contributed by atoms with Gasteiger partial charge in [0.1, 0.15) is 6.61 Å². The molecule has 0 bridgehead atoms. The number of rotatable bonds is 4. The fourth-order valence-electron chi connectivity index (χ4n) is 3.20. The van der Waals surface area contributed by atoms with E-state index in [0.29, 0.717) is 18.8 Å². The monoisotopic (exact) mass is 357 g/mol. The highest BCUT2D eigenvalue weighted by Gasteiger charge is 2.48. The van der Waals surface area contributed by atoms with E-state index in [1.54, 1.807) is 18.2 Å². The highest BCUT2D eigenvalue weighted by Crippen LogP contribution is 2.38. The number of nitrogens with zero attached hydrogens (tertiary/aromatic N) is 1. The summed E-state index contributed by atoms with van der Waals surface area (Å²) in [5.74, 6) is 0. The van der Waals surface area contributed by atoms with E-state index >= 15 is 4.39 Å². The minimum absolute atomic E-state index is 0.0174. The summed E-state index contributed by atoms with van der Waals surface area (Å²) in [7, 11) is 0. The zero-order valence-electron chi connectivity index (χ0n) is 14.3. The average molecular weight is 357 g/mol. The van der Waals surface area contributed by atoms with E-state index in [-0.39, 0.29) is 19.7 Å². The smallest absolute Gasteiger partial charge is 0.410 e. The number of hydrogen-bond acceptors (Lipinski definition) is 4. The SMILES string of the molecule is O=C(OCc1ccccc1)N1CC(F)(c2cccc(C3OCCO3)c2)C1. The molecule has 2 aromatic rings. The molecule has 2 aliphatic heterocycles. The molecule has 2 aliphatic rings. The molecular weight excluding hydrogens is 337 g/mol. The van der Waals surface area contributed by atoms with Gasteiger partial charge in [-0.3, -0.25) is 0 Å². The van der Waals surface area contributed by atoms with Crippen molar-refractivity contribution in [2.24, 2.45) is 0 Å². The van der Waals surface area contributed by atoms with Crippen molar-refractivity contribution in [1.29, 1.82) is 0 Å². The second-order valence-corrected chi connectivity index (χ2v) is 6.56. The first kappa shape index (κ1) is 17.0. The van der Waals surface area contributed by atoms with Crippen LogP contribution in [-0.2, 0) is 26.5 Å². The number of likely N-dealkylation sites (tertiary alicyclic amines) is 1. The van der Waals surface area contributed by atoms with Crippen LogP contribution < -0.4 is 0 Å². The van der Waals surface area contributed by atoms with E-state index in [1.165, 1.54) is 4.90 Å². The van der Waals surface area contributed by atoms with Crippen LogP contribution in [0.2, 0.25) is 0 Å². The molecule has 0 aromatic heterocycles. The quantitative estimate of drug-likeness (QED) is 0.840. The zero-order chi connectivity index (χ0) is 18.0. The third kappa shape index (κ3) is 3.43. The van der Waals surface area contributed by atoms with Gasteiger partial charge in [-0.15, -0.1) is 0 Å². The predicted molar refractivity (Wildman–Crippen MR) is 92.1 cm³/mol. The van der Waals surface area contributed by atoms with Crippen LogP contribution in [0.5, 0.6) is 0 Å². The van der Waals surface area contributed by atoms with Crippen LogP contribution in [0.4, 0.5) is 9.18 Å². The van der Waals surface area contributed by atoms with Gasteiger partial charge in [0.05, 0.1) is 26.3 Å². The second-order valence-electron chi connectivity index (χ2n) is 6.56. The van der Waals surface area contributed by atoms with E-state index in [4.69, 9.17) is 14.2 Å². The highest BCUT2D eigenvalue weighted by molar-refractivity contribution is 5.69. The molecule has 2 saturated heterocycles. The van der Waals surface area contributed by atoms with Crippen LogP contribution in [0.3, 0.4) is 0 Å². The Labute approximate surface area is 151 Å². The van der Waals surface area contributed by atoms with Gasteiger partial charge in [0, 0.05) is 5.56 Å². The topological polar surface area (TPSA) is 48.0 Å². The van der Waals surface area contributed by atoms with Gasteiger partial charge in [0.25, 0.3) is 0 Å². The lowest BCUT2D eigenvalue weighted by atomic mass is 9.87. The number of carbonyl (C=O) groups excluding carboxylic acids is 1. The van der Waals surface area contributed by atoms with Crippen LogP contribution >= 0.6 is 0 Å². The van der Waals surface area contributed by atoms with Gasteiger partial charge >= 0.3 is 6.09 Å². The number of alkyl halides is 1. The summed E-state index contributed by atoms with van der Waals surface area (Å²) < 4.78 is 31.3. The molecule has 0 unspecified atom stereocenters. The van der Waals surface area contributed by atoms with Gasteiger partial charge in [-0.05, 0) is 17.2 Å². The summed E-state index contributed by atoms with van der Waals surface area (Å²) in [6.07, 6.45) is -0.939. The Kier molecular flexibility index (Phi) is 4.61. The number of halogens is 1. The van der Waals surface area contributed by atoms with Crippen molar-refractivity contribution in [1.82, 2.24) is 4.90 Å². The Morgan fingerprint density at radius 3 is 2.58 bits per heavy atom.